The first-order valence-electron chi connectivity index (χ1n) is 6.51. The smallest absolute Gasteiger partial charge is 0.285 e. The molecule has 0 bridgehead atoms. The van der Waals surface area contributed by atoms with Crippen LogP contribution in [0.3, 0.4) is 0 Å². The average Bonchev–Trinajstić information content (AvgIpc) is 3.01. The van der Waals surface area contributed by atoms with Crippen molar-refractivity contribution in [1.82, 2.24) is 15.2 Å². The van der Waals surface area contributed by atoms with Crippen LogP contribution in [0.25, 0.3) is 16.9 Å². The van der Waals surface area contributed by atoms with E-state index in [1.807, 2.05) is 60.7 Å². The largest absolute Gasteiger partial charge is 0.289 e. The van der Waals surface area contributed by atoms with Gasteiger partial charge in [0.05, 0.1) is 11.4 Å². The average molecular weight is 278 g/mol. The highest BCUT2D eigenvalue weighted by molar-refractivity contribution is 5.93. The summed E-state index contributed by atoms with van der Waals surface area (Å²) in [6.45, 7) is 0. The van der Waals surface area contributed by atoms with Gasteiger partial charge in [-0.3, -0.25) is 10.2 Å². The summed E-state index contributed by atoms with van der Waals surface area (Å²) in [6.07, 6.45) is 0. The Bertz CT molecular complexity index is 693. The van der Waals surface area contributed by atoms with E-state index < -0.39 is 5.91 Å². The molecule has 3 aromatic rings. The first-order chi connectivity index (χ1) is 10.3. The number of hydrogen-bond acceptors (Lipinski definition) is 3. The highest BCUT2D eigenvalue weighted by Gasteiger charge is 2.15. The van der Waals surface area contributed by atoms with Crippen molar-refractivity contribution < 1.29 is 4.79 Å². The van der Waals surface area contributed by atoms with Crippen molar-refractivity contribution in [2.45, 2.75) is 0 Å². The molecule has 0 radical (unpaired) electrons. The number of nitrogens with two attached hydrogens (primary N) is 1. The Balaban J connectivity index is 2.18. The third kappa shape index (κ3) is 2.54. The van der Waals surface area contributed by atoms with E-state index >= 15 is 0 Å². The van der Waals surface area contributed by atoms with Gasteiger partial charge >= 0.3 is 0 Å². The van der Waals surface area contributed by atoms with Gasteiger partial charge in [0.25, 0.3) is 5.91 Å². The third-order valence-corrected chi connectivity index (χ3v) is 3.14. The molecule has 1 amide bonds. The first-order valence-corrected chi connectivity index (χ1v) is 6.51. The molecule has 0 unspecified atom stereocenters. The standard InChI is InChI=1S/C16H14N4O/c17-18-16(21)14-11-15(12-7-3-1-4-8-12)20(19-14)13-9-5-2-6-10-13/h1-11H,17H2,(H,18,21). The Hall–Kier alpha value is -2.92. The minimum absolute atomic E-state index is 0.278. The van der Waals surface area contributed by atoms with Crippen LogP contribution in [0.15, 0.2) is 66.7 Å². The summed E-state index contributed by atoms with van der Waals surface area (Å²) in [5, 5.41) is 4.35. The van der Waals surface area contributed by atoms with Crippen molar-refractivity contribution in [2.24, 2.45) is 5.84 Å². The van der Waals surface area contributed by atoms with E-state index in [1.165, 1.54) is 0 Å². The van der Waals surface area contributed by atoms with E-state index in [2.05, 4.69) is 10.5 Å². The molecule has 2 aromatic carbocycles. The summed E-state index contributed by atoms with van der Waals surface area (Å²) in [4.78, 5) is 11.7. The SMILES string of the molecule is NNC(=O)c1cc(-c2ccccc2)n(-c2ccccc2)n1. The van der Waals surface area contributed by atoms with Gasteiger partial charge in [-0.15, -0.1) is 0 Å². The highest BCUT2D eigenvalue weighted by Crippen LogP contribution is 2.23. The topological polar surface area (TPSA) is 72.9 Å². The number of amides is 1. The Morgan fingerprint density at radius 1 is 1.00 bits per heavy atom. The van der Waals surface area contributed by atoms with Crippen molar-refractivity contribution >= 4 is 5.91 Å². The molecule has 0 spiro atoms. The summed E-state index contributed by atoms with van der Waals surface area (Å²) in [7, 11) is 0. The molecular weight excluding hydrogens is 264 g/mol. The van der Waals surface area contributed by atoms with E-state index in [-0.39, 0.29) is 5.69 Å². The monoisotopic (exact) mass is 278 g/mol. The third-order valence-electron chi connectivity index (χ3n) is 3.14. The lowest BCUT2D eigenvalue weighted by atomic mass is 10.1. The number of hydrazine groups is 1. The molecule has 1 heterocycles. The molecule has 104 valence electrons. The molecule has 5 heteroatoms. The van der Waals surface area contributed by atoms with E-state index in [4.69, 9.17) is 5.84 Å². The van der Waals surface area contributed by atoms with Crippen LogP contribution in [0.2, 0.25) is 0 Å². The number of para-hydroxylation sites is 1. The van der Waals surface area contributed by atoms with Gasteiger partial charge in [-0.25, -0.2) is 10.5 Å². The molecule has 0 aliphatic heterocycles. The molecule has 5 nitrogen and oxygen atoms in total. The van der Waals surface area contributed by atoms with Crippen LogP contribution in [0.4, 0.5) is 0 Å². The Kier molecular flexibility index (Phi) is 3.49. The summed E-state index contributed by atoms with van der Waals surface area (Å²) in [6, 6.07) is 21.2. The van der Waals surface area contributed by atoms with E-state index in [9.17, 15) is 4.79 Å². The number of hydrogen-bond donors (Lipinski definition) is 2. The van der Waals surface area contributed by atoms with Crippen LogP contribution in [0, 0.1) is 0 Å². The number of nitrogens with zero attached hydrogens (tertiary/aromatic N) is 2. The van der Waals surface area contributed by atoms with E-state index in [0.717, 1.165) is 16.9 Å². The van der Waals surface area contributed by atoms with Crippen molar-refractivity contribution in [3.05, 3.63) is 72.4 Å². The maximum atomic E-state index is 11.7. The zero-order valence-electron chi connectivity index (χ0n) is 11.2. The number of carbonyl (C=O) groups is 1. The molecule has 3 N–H and O–H groups in total. The number of rotatable bonds is 3. The molecule has 0 saturated heterocycles. The summed E-state index contributed by atoms with van der Waals surface area (Å²) in [5.41, 5.74) is 5.08. The second-order valence-corrected chi connectivity index (χ2v) is 4.50. The number of carbonyl (C=O) groups excluding carboxylic acids is 1. The van der Waals surface area contributed by atoms with Crippen LogP contribution in [-0.4, -0.2) is 15.7 Å². The van der Waals surface area contributed by atoms with Crippen LogP contribution in [-0.2, 0) is 0 Å². The van der Waals surface area contributed by atoms with Gasteiger partial charge in [-0.1, -0.05) is 48.5 Å². The van der Waals surface area contributed by atoms with Crippen LogP contribution in [0.5, 0.6) is 0 Å². The first kappa shape index (κ1) is 13.1. The van der Waals surface area contributed by atoms with Gasteiger partial charge in [0.1, 0.15) is 0 Å². The lowest BCUT2D eigenvalue weighted by Crippen LogP contribution is -2.30. The minimum Gasteiger partial charge on any atom is -0.289 e. The lowest BCUT2D eigenvalue weighted by Gasteiger charge is -2.07. The van der Waals surface area contributed by atoms with Crippen molar-refractivity contribution in [3.63, 3.8) is 0 Å². The normalized spacial score (nSPS) is 10.3. The van der Waals surface area contributed by atoms with Crippen LogP contribution in [0.1, 0.15) is 10.5 Å². The molecule has 0 aliphatic rings. The lowest BCUT2D eigenvalue weighted by molar-refractivity contribution is 0.0948. The molecule has 0 fully saturated rings. The van der Waals surface area contributed by atoms with Gasteiger partial charge in [0, 0.05) is 5.56 Å². The van der Waals surface area contributed by atoms with Gasteiger partial charge in [0.2, 0.25) is 0 Å². The highest BCUT2D eigenvalue weighted by atomic mass is 16.2. The minimum atomic E-state index is -0.415. The maximum absolute atomic E-state index is 11.7. The molecule has 0 aliphatic carbocycles. The molecule has 3 rings (SSSR count). The summed E-state index contributed by atoms with van der Waals surface area (Å²) < 4.78 is 1.74. The van der Waals surface area contributed by atoms with Gasteiger partial charge in [-0.05, 0) is 18.2 Å². The number of nitrogen functional groups attached to an aromatic ring is 1. The second kappa shape index (κ2) is 5.60. The quantitative estimate of drug-likeness (QED) is 0.438. The van der Waals surface area contributed by atoms with Crippen molar-refractivity contribution in [2.75, 3.05) is 0 Å². The van der Waals surface area contributed by atoms with Gasteiger partial charge < -0.3 is 0 Å². The van der Waals surface area contributed by atoms with Gasteiger partial charge in [0.15, 0.2) is 5.69 Å². The van der Waals surface area contributed by atoms with E-state index in [0.29, 0.717) is 0 Å². The second-order valence-electron chi connectivity index (χ2n) is 4.50. The van der Waals surface area contributed by atoms with Crippen molar-refractivity contribution in [1.29, 1.82) is 0 Å². The summed E-state index contributed by atoms with van der Waals surface area (Å²) >= 11 is 0. The van der Waals surface area contributed by atoms with Crippen LogP contribution >= 0.6 is 0 Å². The molecule has 21 heavy (non-hydrogen) atoms. The molecule has 1 aromatic heterocycles. The Morgan fingerprint density at radius 2 is 1.62 bits per heavy atom. The number of nitrogens with one attached hydrogen (secondary N) is 1. The predicted molar refractivity (Wildman–Crippen MR) is 80.7 cm³/mol. The fourth-order valence-electron chi connectivity index (χ4n) is 2.15. The predicted octanol–water partition coefficient (Wildman–Crippen LogP) is 2.14. The zero-order chi connectivity index (χ0) is 14.7. The molecule has 0 atom stereocenters. The summed E-state index contributed by atoms with van der Waals surface area (Å²) in [5.74, 6) is 4.78. The van der Waals surface area contributed by atoms with E-state index in [1.54, 1.807) is 10.7 Å². The van der Waals surface area contributed by atoms with Crippen LogP contribution < -0.4 is 11.3 Å². The Labute approximate surface area is 122 Å². The fourth-order valence-corrected chi connectivity index (χ4v) is 2.15. The van der Waals surface area contributed by atoms with Gasteiger partial charge in [-0.2, -0.15) is 5.10 Å². The number of aromatic nitrogens is 2. The fraction of sp³-hybridized carbons (Fsp3) is 0. The molecule has 0 saturated carbocycles. The molecular formula is C16H14N4O. The maximum Gasteiger partial charge on any atom is 0.285 e. The zero-order valence-corrected chi connectivity index (χ0v) is 11.2. The Morgan fingerprint density at radius 3 is 2.24 bits per heavy atom. The number of benzene rings is 2. The van der Waals surface area contributed by atoms with Crippen molar-refractivity contribution in [3.8, 4) is 16.9 Å².